The zero-order valence-electron chi connectivity index (χ0n) is 24.5. The van der Waals surface area contributed by atoms with Gasteiger partial charge in [-0.2, -0.15) is 0 Å². The van der Waals surface area contributed by atoms with Crippen LogP contribution in [0.5, 0.6) is 0 Å². The van der Waals surface area contributed by atoms with Gasteiger partial charge in [0.25, 0.3) is 11.8 Å². The molecule has 0 saturated heterocycles. The third-order valence-corrected chi connectivity index (χ3v) is 7.68. The average Bonchev–Trinajstić information content (AvgIpc) is 3.17. The maximum atomic E-state index is 14.8. The summed E-state index contributed by atoms with van der Waals surface area (Å²) in [5, 5.41) is 5.26. The summed E-state index contributed by atoms with van der Waals surface area (Å²) < 4.78 is 49.0. The zero-order chi connectivity index (χ0) is 32.0. The third-order valence-electron chi connectivity index (χ3n) is 7.33. The van der Waals surface area contributed by atoms with E-state index in [1.165, 1.54) is 35.2 Å². The number of fused-ring (bicyclic) bond motifs is 1. The molecule has 0 bridgehead atoms. The molecule has 1 aliphatic heterocycles. The van der Waals surface area contributed by atoms with Gasteiger partial charge in [0.15, 0.2) is 0 Å². The molecule has 44 heavy (non-hydrogen) atoms. The van der Waals surface area contributed by atoms with E-state index in [0.717, 1.165) is 18.6 Å². The number of anilines is 1. The lowest BCUT2D eigenvalue weighted by Crippen LogP contribution is -2.36. The van der Waals surface area contributed by atoms with Gasteiger partial charge in [0, 0.05) is 65.7 Å². The summed E-state index contributed by atoms with van der Waals surface area (Å²) in [5.41, 5.74) is -0.0465. The topological polar surface area (TPSA) is 87.7 Å². The molecule has 3 aromatic rings. The van der Waals surface area contributed by atoms with Crippen LogP contribution < -0.4 is 15.5 Å². The number of ether oxygens (including phenoxy) is 1. The highest BCUT2D eigenvalue weighted by Crippen LogP contribution is 2.43. The molecule has 230 valence electrons. The number of methoxy groups -OCH3 is 1. The van der Waals surface area contributed by atoms with E-state index in [1.54, 1.807) is 27.0 Å². The minimum Gasteiger partial charge on any atom is -0.385 e. The molecule has 3 amide bonds. The number of halogens is 4. The van der Waals surface area contributed by atoms with Crippen LogP contribution in [0.25, 0.3) is 0 Å². The molecule has 1 heterocycles. The Morgan fingerprint density at radius 1 is 0.977 bits per heavy atom. The first-order valence-electron chi connectivity index (χ1n) is 13.9. The highest BCUT2D eigenvalue weighted by molar-refractivity contribution is 6.31. The molecule has 2 N–H and O–H groups in total. The molecule has 0 atom stereocenters. The van der Waals surface area contributed by atoms with Gasteiger partial charge in [-0.3, -0.25) is 14.4 Å². The van der Waals surface area contributed by atoms with Gasteiger partial charge in [-0.05, 0) is 68.7 Å². The highest BCUT2D eigenvalue weighted by atomic mass is 35.5. The SMILES string of the molecule is COCCCCNC(=O)C#Cc1cc(F)c(CNC(=O)c2ccc3c(c2)N(Cc2c(F)cccc2Cl)C(=O)C3(C)C)c(F)c1. The van der Waals surface area contributed by atoms with Crippen molar-refractivity contribution in [3.05, 3.63) is 98.8 Å². The number of unbranched alkanes of at least 4 members (excludes halogenated alkanes) is 1. The van der Waals surface area contributed by atoms with Crippen molar-refractivity contribution in [2.24, 2.45) is 0 Å². The van der Waals surface area contributed by atoms with Crippen LogP contribution in [0.2, 0.25) is 5.02 Å². The second kappa shape index (κ2) is 14.0. The lowest BCUT2D eigenvalue weighted by molar-refractivity contribution is -0.122. The Bertz CT molecular complexity index is 1620. The van der Waals surface area contributed by atoms with Crippen molar-refractivity contribution < 1.29 is 32.3 Å². The van der Waals surface area contributed by atoms with Crippen LogP contribution in [0.4, 0.5) is 18.9 Å². The van der Waals surface area contributed by atoms with Gasteiger partial charge in [-0.15, -0.1) is 0 Å². The monoisotopic (exact) mass is 625 g/mol. The number of amides is 3. The Morgan fingerprint density at radius 3 is 2.39 bits per heavy atom. The standard InChI is InChI=1S/C33H31ClF3N3O4/c1-33(2)24-11-10-21(17-29(24)40(32(33)43)19-23-25(34)7-6-8-26(23)35)31(42)39-18-22-27(36)15-20(16-28(22)37)9-12-30(41)38-13-4-5-14-44-3/h6-8,10-11,15-17H,4-5,13-14,18-19H2,1-3H3,(H,38,41)(H,39,42). The number of hydrogen-bond donors (Lipinski definition) is 2. The number of nitrogens with zero attached hydrogens (tertiary/aromatic N) is 1. The molecular weight excluding hydrogens is 595 g/mol. The van der Waals surface area contributed by atoms with E-state index in [1.807, 2.05) is 0 Å². The maximum Gasteiger partial charge on any atom is 0.296 e. The maximum absolute atomic E-state index is 14.8. The molecule has 0 radical (unpaired) electrons. The fraction of sp³-hybridized carbons (Fsp3) is 0.303. The van der Waals surface area contributed by atoms with Crippen molar-refractivity contribution in [1.82, 2.24) is 10.6 Å². The van der Waals surface area contributed by atoms with Gasteiger partial charge >= 0.3 is 0 Å². The second-order valence-electron chi connectivity index (χ2n) is 10.8. The van der Waals surface area contributed by atoms with Crippen molar-refractivity contribution in [2.45, 2.75) is 45.2 Å². The van der Waals surface area contributed by atoms with Crippen molar-refractivity contribution in [3.8, 4) is 11.8 Å². The van der Waals surface area contributed by atoms with Crippen LogP contribution in [-0.4, -0.2) is 38.0 Å². The predicted octanol–water partition coefficient (Wildman–Crippen LogP) is 5.41. The van der Waals surface area contributed by atoms with Crippen LogP contribution in [0, 0.1) is 29.3 Å². The quantitative estimate of drug-likeness (QED) is 0.233. The first-order chi connectivity index (χ1) is 20.9. The molecule has 0 unspecified atom stereocenters. The molecule has 0 spiro atoms. The Labute approximate surface area is 258 Å². The lowest BCUT2D eigenvalue weighted by Gasteiger charge is -2.21. The molecule has 3 aromatic carbocycles. The highest BCUT2D eigenvalue weighted by Gasteiger charge is 2.44. The lowest BCUT2D eigenvalue weighted by atomic mass is 9.86. The van der Waals surface area contributed by atoms with Crippen LogP contribution >= 0.6 is 11.6 Å². The Morgan fingerprint density at radius 2 is 1.70 bits per heavy atom. The van der Waals surface area contributed by atoms with Crippen molar-refractivity contribution >= 4 is 35.0 Å². The normalized spacial score (nSPS) is 13.2. The summed E-state index contributed by atoms with van der Waals surface area (Å²) in [6.07, 6.45) is 1.47. The number of hydrogen-bond acceptors (Lipinski definition) is 4. The first kappa shape index (κ1) is 32.6. The summed E-state index contributed by atoms with van der Waals surface area (Å²) in [4.78, 5) is 39.6. The molecule has 0 fully saturated rings. The molecule has 4 rings (SSSR count). The summed E-state index contributed by atoms with van der Waals surface area (Å²) in [6, 6.07) is 10.8. The van der Waals surface area contributed by atoms with E-state index in [9.17, 15) is 27.6 Å². The van der Waals surface area contributed by atoms with Crippen molar-refractivity contribution in [3.63, 3.8) is 0 Å². The fourth-order valence-electron chi connectivity index (χ4n) is 4.85. The van der Waals surface area contributed by atoms with E-state index >= 15 is 0 Å². The fourth-order valence-corrected chi connectivity index (χ4v) is 5.07. The number of carbonyl (C=O) groups is 3. The molecule has 0 saturated carbocycles. The van der Waals surface area contributed by atoms with Crippen LogP contribution in [0.1, 0.15) is 59.3 Å². The van der Waals surface area contributed by atoms with Crippen LogP contribution in [-0.2, 0) is 32.8 Å². The third kappa shape index (κ3) is 7.24. The molecule has 0 aromatic heterocycles. The summed E-state index contributed by atoms with van der Waals surface area (Å²) in [6.45, 7) is 3.82. The first-order valence-corrected chi connectivity index (χ1v) is 14.3. The smallest absolute Gasteiger partial charge is 0.296 e. The molecule has 11 heteroatoms. The number of carbonyl (C=O) groups excluding carboxylic acids is 3. The molecule has 7 nitrogen and oxygen atoms in total. The van der Waals surface area contributed by atoms with E-state index in [2.05, 4.69) is 22.5 Å². The van der Waals surface area contributed by atoms with Crippen molar-refractivity contribution in [2.75, 3.05) is 25.2 Å². The molecule has 0 aliphatic carbocycles. The van der Waals surface area contributed by atoms with E-state index in [0.29, 0.717) is 30.8 Å². The summed E-state index contributed by atoms with van der Waals surface area (Å²) >= 11 is 6.20. The molecule has 1 aliphatic rings. The molecular formula is C33H31ClF3N3O4. The summed E-state index contributed by atoms with van der Waals surface area (Å²) in [7, 11) is 1.59. The van der Waals surface area contributed by atoms with Gasteiger partial charge in [0.1, 0.15) is 17.5 Å². The number of nitrogens with one attached hydrogen (secondary N) is 2. The Kier molecular flexibility index (Phi) is 10.3. The van der Waals surface area contributed by atoms with Gasteiger partial charge in [-0.1, -0.05) is 29.7 Å². The number of benzene rings is 3. The average molecular weight is 626 g/mol. The minimum atomic E-state index is -0.941. The van der Waals surface area contributed by atoms with E-state index < -0.39 is 41.2 Å². The largest absolute Gasteiger partial charge is 0.385 e. The predicted molar refractivity (Wildman–Crippen MR) is 161 cm³/mol. The second-order valence-corrected chi connectivity index (χ2v) is 11.2. The van der Waals surface area contributed by atoms with Gasteiger partial charge in [-0.25, -0.2) is 13.2 Å². The van der Waals surface area contributed by atoms with Crippen molar-refractivity contribution in [1.29, 1.82) is 0 Å². The van der Waals surface area contributed by atoms with Gasteiger partial charge in [0.2, 0.25) is 5.91 Å². The van der Waals surface area contributed by atoms with Crippen LogP contribution in [0.15, 0.2) is 48.5 Å². The van der Waals surface area contributed by atoms with E-state index in [-0.39, 0.29) is 39.7 Å². The van der Waals surface area contributed by atoms with E-state index in [4.69, 9.17) is 16.3 Å². The Balaban J connectivity index is 1.46. The van der Waals surface area contributed by atoms with Gasteiger partial charge < -0.3 is 20.3 Å². The zero-order valence-corrected chi connectivity index (χ0v) is 25.2. The van der Waals surface area contributed by atoms with Gasteiger partial charge in [0.05, 0.1) is 12.0 Å². The van der Waals surface area contributed by atoms with Crippen LogP contribution in [0.3, 0.4) is 0 Å². The Hall–Kier alpha value is -4.33. The summed E-state index contributed by atoms with van der Waals surface area (Å²) in [5.74, 6) is 0.782. The minimum absolute atomic E-state index is 0.0365. The number of rotatable bonds is 10.